The molecule has 0 saturated heterocycles. The van der Waals surface area contributed by atoms with Gasteiger partial charge in [0.2, 0.25) is 5.91 Å². The maximum absolute atomic E-state index is 12.1. The van der Waals surface area contributed by atoms with E-state index in [0.29, 0.717) is 27.6 Å². The van der Waals surface area contributed by atoms with Crippen LogP contribution < -0.4 is 5.32 Å². The Labute approximate surface area is 168 Å². The molecule has 1 heterocycles. The Hall–Kier alpha value is -1.50. The van der Waals surface area contributed by atoms with Crippen molar-refractivity contribution >= 4 is 40.9 Å². The first-order valence-corrected chi connectivity index (χ1v) is 10.1. The second kappa shape index (κ2) is 10.00. The zero-order valence-corrected chi connectivity index (χ0v) is 17.2. The molecule has 1 atom stereocenters. The van der Waals surface area contributed by atoms with Gasteiger partial charge in [-0.05, 0) is 31.5 Å². The molecule has 1 N–H and O–H groups in total. The molecule has 1 aromatic heterocycles. The molecule has 5 nitrogen and oxygen atoms in total. The molecule has 0 fully saturated rings. The molecule has 0 radical (unpaired) electrons. The van der Waals surface area contributed by atoms with E-state index in [1.807, 2.05) is 17.6 Å². The number of carbonyl (C=O) groups excluding carboxylic acids is 1. The summed E-state index contributed by atoms with van der Waals surface area (Å²) in [6, 6.07) is 5.40. The van der Waals surface area contributed by atoms with E-state index in [9.17, 15) is 4.79 Å². The van der Waals surface area contributed by atoms with E-state index in [-0.39, 0.29) is 17.7 Å². The van der Waals surface area contributed by atoms with E-state index in [1.165, 1.54) is 11.8 Å². The molecular weight excluding hydrogens is 391 g/mol. The van der Waals surface area contributed by atoms with Crippen molar-refractivity contribution in [1.29, 1.82) is 0 Å². The van der Waals surface area contributed by atoms with Crippen LogP contribution in [0.2, 0.25) is 10.0 Å². The second-order valence-corrected chi connectivity index (χ2v) is 7.66. The predicted molar refractivity (Wildman–Crippen MR) is 109 cm³/mol. The van der Waals surface area contributed by atoms with Crippen LogP contribution in [0.1, 0.15) is 26.7 Å². The van der Waals surface area contributed by atoms with Gasteiger partial charge in [-0.2, -0.15) is 0 Å². The fraction of sp³-hybridized carbons (Fsp3) is 0.389. The molecule has 0 aliphatic carbocycles. The van der Waals surface area contributed by atoms with Crippen molar-refractivity contribution in [3.05, 3.63) is 40.9 Å². The molecule has 2 aromatic rings. The highest BCUT2D eigenvalue weighted by atomic mass is 35.5. The van der Waals surface area contributed by atoms with Gasteiger partial charge in [-0.25, -0.2) is 0 Å². The standard InChI is InChI=1S/C18H22Cl2N4OS/c1-4-6-12(3)21-16(25)11-26-18-23-22-17(24(18)9-5-2)14-8-7-13(19)10-15(14)20/h5,7-8,10,12H,2,4,6,9,11H2,1,3H3,(H,21,25)/t12-/m0/s1. The number of carbonyl (C=O) groups is 1. The van der Waals surface area contributed by atoms with Crippen LogP contribution in [0.15, 0.2) is 36.0 Å². The summed E-state index contributed by atoms with van der Waals surface area (Å²) >= 11 is 13.6. The van der Waals surface area contributed by atoms with Crippen LogP contribution in [0.5, 0.6) is 0 Å². The van der Waals surface area contributed by atoms with E-state index < -0.39 is 0 Å². The van der Waals surface area contributed by atoms with Crippen LogP contribution in [-0.2, 0) is 11.3 Å². The first kappa shape index (κ1) is 20.8. The van der Waals surface area contributed by atoms with Gasteiger partial charge in [-0.3, -0.25) is 9.36 Å². The van der Waals surface area contributed by atoms with Gasteiger partial charge >= 0.3 is 0 Å². The maximum Gasteiger partial charge on any atom is 0.230 e. The number of halogens is 2. The fourth-order valence-electron chi connectivity index (χ4n) is 2.51. The number of allylic oxidation sites excluding steroid dienone is 1. The Balaban J connectivity index is 2.16. The molecule has 0 spiro atoms. The summed E-state index contributed by atoms with van der Waals surface area (Å²) in [6.45, 7) is 8.40. The van der Waals surface area contributed by atoms with E-state index >= 15 is 0 Å². The highest BCUT2D eigenvalue weighted by Crippen LogP contribution is 2.31. The number of nitrogens with zero attached hydrogens (tertiary/aromatic N) is 3. The molecule has 2 rings (SSSR count). The zero-order chi connectivity index (χ0) is 19.1. The number of aromatic nitrogens is 3. The number of benzene rings is 1. The lowest BCUT2D eigenvalue weighted by Crippen LogP contribution is -2.33. The van der Waals surface area contributed by atoms with E-state index in [2.05, 4.69) is 29.0 Å². The van der Waals surface area contributed by atoms with Gasteiger partial charge in [0, 0.05) is 23.2 Å². The van der Waals surface area contributed by atoms with Crippen molar-refractivity contribution < 1.29 is 4.79 Å². The Morgan fingerprint density at radius 3 is 2.85 bits per heavy atom. The summed E-state index contributed by atoms with van der Waals surface area (Å²) < 4.78 is 1.88. The van der Waals surface area contributed by atoms with Gasteiger partial charge in [0.25, 0.3) is 0 Å². The summed E-state index contributed by atoms with van der Waals surface area (Å²) in [7, 11) is 0. The van der Waals surface area contributed by atoms with Gasteiger partial charge in [0.1, 0.15) is 0 Å². The smallest absolute Gasteiger partial charge is 0.230 e. The summed E-state index contributed by atoms with van der Waals surface area (Å²) in [4.78, 5) is 12.1. The van der Waals surface area contributed by atoms with Crippen LogP contribution in [0.4, 0.5) is 0 Å². The van der Waals surface area contributed by atoms with Gasteiger partial charge in [-0.1, -0.05) is 54.4 Å². The van der Waals surface area contributed by atoms with Crippen molar-refractivity contribution in [3.63, 3.8) is 0 Å². The molecule has 0 aliphatic heterocycles. The average molecular weight is 413 g/mol. The van der Waals surface area contributed by atoms with Gasteiger partial charge < -0.3 is 5.32 Å². The largest absolute Gasteiger partial charge is 0.353 e. The second-order valence-electron chi connectivity index (χ2n) is 5.88. The van der Waals surface area contributed by atoms with Crippen molar-refractivity contribution in [3.8, 4) is 11.4 Å². The predicted octanol–water partition coefficient (Wildman–Crippen LogP) is 4.83. The van der Waals surface area contributed by atoms with E-state index in [1.54, 1.807) is 18.2 Å². The van der Waals surface area contributed by atoms with Crippen molar-refractivity contribution in [2.45, 2.75) is 44.4 Å². The van der Waals surface area contributed by atoms with Gasteiger partial charge in [0.15, 0.2) is 11.0 Å². The topological polar surface area (TPSA) is 59.8 Å². The number of thioether (sulfide) groups is 1. The lowest BCUT2D eigenvalue weighted by Gasteiger charge is -2.12. The molecule has 1 amide bonds. The quantitative estimate of drug-likeness (QED) is 0.472. The Bertz CT molecular complexity index is 779. The SMILES string of the molecule is C=CCn1c(SCC(=O)N[C@@H](C)CCC)nnc1-c1ccc(Cl)cc1Cl. The highest BCUT2D eigenvalue weighted by molar-refractivity contribution is 7.99. The summed E-state index contributed by atoms with van der Waals surface area (Å²) in [5.41, 5.74) is 0.735. The van der Waals surface area contributed by atoms with Crippen LogP contribution >= 0.6 is 35.0 Å². The molecule has 1 aromatic carbocycles. The fourth-order valence-corrected chi connectivity index (χ4v) is 3.76. The number of rotatable bonds is 9. The first-order chi connectivity index (χ1) is 12.5. The minimum atomic E-state index is -0.0184. The minimum Gasteiger partial charge on any atom is -0.353 e. The van der Waals surface area contributed by atoms with Crippen molar-refractivity contribution in [2.24, 2.45) is 0 Å². The monoisotopic (exact) mass is 412 g/mol. The average Bonchev–Trinajstić information content (AvgIpc) is 2.96. The van der Waals surface area contributed by atoms with Gasteiger partial charge in [0.05, 0.1) is 10.8 Å². The number of nitrogens with one attached hydrogen (secondary N) is 1. The molecule has 140 valence electrons. The van der Waals surface area contributed by atoms with E-state index in [4.69, 9.17) is 23.2 Å². The molecule has 0 bridgehead atoms. The van der Waals surface area contributed by atoms with E-state index in [0.717, 1.165) is 18.4 Å². The highest BCUT2D eigenvalue weighted by Gasteiger charge is 2.17. The summed E-state index contributed by atoms with van der Waals surface area (Å²) in [6.07, 6.45) is 3.75. The third kappa shape index (κ3) is 5.50. The molecule has 26 heavy (non-hydrogen) atoms. The lowest BCUT2D eigenvalue weighted by molar-refractivity contribution is -0.119. The molecule has 0 unspecified atom stereocenters. The molecular formula is C18H22Cl2N4OS. The Morgan fingerprint density at radius 2 is 2.19 bits per heavy atom. The number of hydrogen-bond acceptors (Lipinski definition) is 4. The number of amides is 1. The van der Waals surface area contributed by atoms with Crippen LogP contribution in [0.25, 0.3) is 11.4 Å². The lowest BCUT2D eigenvalue weighted by atomic mass is 10.2. The third-order valence-electron chi connectivity index (χ3n) is 3.66. The molecule has 0 aliphatic rings. The first-order valence-electron chi connectivity index (χ1n) is 8.38. The maximum atomic E-state index is 12.1. The van der Waals surface area contributed by atoms with Gasteiger partial charge in [-0.15, -0.1) is 16.8 Å². The third-order valence-corrected chi connectivity index (χ3v) is 5.18. The van der Waals surface area contributed by atoms with Crippen LogP contribution in [-0.4, -0.2) is 32.5 Å². The normalized spacial score (nSPS) is 12.0. The number of hydrogen-bond donors (Lipinski definition) is 1. The minimum absolute atomic E-state index is 0.0184. The molecule has 8 heteroatoms. The zero-order valence-electron chi connectivity index (χ0n) is 14.8. The summed E-state index contributed by atoms with van der Waals surface area (Å²) in [5.74, 6) is 0.876. The van der Waals surface area contributed by atoms with Crippen LogP contribution in [0.3, 0.4) is 0 Å². The summed E-state index contributed by atoms with van der Waals surface area (Å²) in [5, 5.41) is 13.1. The Kier molecular flexibility index (Phi) is 8.00. The molecule has 0 saturated carbocycles. The van der Waals surface area contributed by atoms with Crippen molar-refractivity contribution in [1.82, 2.24) is 20.1 Å². The Morgan fingerprint density at radius 1 is 1.42 bits per heavy atom. The van der Waals surface area contributed by atoms with Crippen LogP contribution in [0, 0.1) is 0 Å². The van der Waals surface area contributed by atoms with Crippen molar-refractivity contribution in [2.75, 3.05) is 5.75 Å².